The monoisotopic (exact) mass is 403 g/mol. The minimum absolute atomic E-state index is 0.0977. The quantitative estimate of drug-likeness (QED) is 0.663. The second-order valence-electron chi connectivity index (χ2n) is 8.04. The van der Waals surface area contributed by atoms with Crippen LogP contribution in [0.2, 0.25) is 0 Å². The smallest absolute Gasteiger partial charge is 0.300 e. The predicted octanol–water partition coefficient (Wildman–Crippen LogP) is 4.23. The molecule has 2 fully saturated rings. The third kappa shape index (κ3) is 3.51. The number of para-hydroxylation sites is 1. The van der Waals surface area contributed by atoms with E-state index >= 15 is 0 Å². The van der Waals surface area contributed by atoms with E-state index in [-0.39, 0.29) is 11.9 Å². The van der Waals surface area contributed by atoms with Crippen molar-refractivity contribution in [3.05, 3.63) is 61.1 Å². The van der Waals surface area contributed by atoms with Crippen molar-refractivity contribution in [2.45, 2.75) is 50.2 Å². The highest BCUT2D eigenvalue weighted by Gasteiger charge is 2.37. The highest BCUT2D eigenvalue weighted by molar-refractivity contribution is 6.04. The van der Waals surface area contributed by atoms with Crippen LogP contribution in [-0.4, -0.2) is 38.9 Å². The van der Waals surface area contributed by atoms with Crippen molar-refractivity contribution in [2.24, 2.45) is 0 Å². The highest BCUT2D eigenvalue weighted by atomic mass is 16.4. The van der Waals surface area contributed by atoms with Crippen LogP contribution in [-0.2, 0) is 0 Å². The maximum Gasteiger partial charge on any atom is 0.300 e. The maximum absolute atomic E-state index is 13.1. The van der Waals surface area contributed by atoms with Crippen molar-refractivity contribution in [2.75, 3.05) is 5.32 Å². The van der Waals surface area contributed by atoms with Crippen molar-refractivity contribution >= 4 is 28.7 Å². The molecular formula is C23H25N5O2. The number of carbonyl (C=O) groups excluding carboxylic acids is 1. The summed E-state index contributed by atoms with van der Waals surface area (Å²) >= 11 is 0. The Hall–Kier alpha value is -3.35. The summed E-state index contributed by atoms with van der Waals surface area (Å²) in [7, 11) is 0. The van der Waals surface area contributed by atoms with Gasteiger partial charge in [0.2, 0.25) is 0 Å². The lowest BCUT2D eigenvalue weighted by atomic mass is 9.82. The van der Waals surface area contributed by atoms with Crippen LogP contribution in [0.25, 0.3) is 11.1 Å². The molecule has 2 aliphatic rings. The van der Waals surface area contributed by atoms with Crippen LogP contribution in [0.1, 0.15) is 42.5 Å². The molecule has 1 aromatic carbocycles. The Bertz CT molecular complexity index is 1050. The number of piperidine rings is 2. The number of amides is 1. The van der Waals surface area contributed by atoms with Gasteiger partial charge < -0.3 is 20.0 Å². The van der Waals surface area contributed by atoms with E-state index in [1.807, 2.05) is 30.5 Å². The summed E-state index contributed by atoms with van der Waals surface area (Å²) in [5.74, 6) is -0.0977. The molecule has 30 heavy (non-hydrogen) atoms. The molecule has 4 heterocycles. The van der Waals surface area contributed by atoms with Gasteiger partial charge in [-0.25, -0.2) is 0 Å². The van der Waals surface area contributed by atoms with Crippen LogP contribution >= 0.6 is 0 Å². The minimum Gasteiger partial charge on any atom is -0.423 e. The standard InChI is InChI=1S/C23H25N5O2/c1-2-28-17-5-3-6-18(28)14-16(13-17)25-22(29)19-7-4-8-20-21(19)27-23(30-20)26-15-9-11-24-12-10-15/h2,4,7-12,16-18H,1,3,5-6,13-14H2,(H,25,29)(H,24,26,27). The first-order valence-corrected chi connectivity index (χ1v) is 10.5. The van der Waals surface area contributed by atoms with Crippen LogP contribution < -0.4 is 10.6 Å². The lowest BCUT2D eigenvalue weighted by Gasteiger charge is -2.48. The lowest BCUT2D eigenvalue weighted by molar-refractivity contribution is 0.0624. The van der Waals surface area contributed by atoms with Gasteiger partial charge in [0.1, 0.15) is 5.52 Å². The second kappa shape index (κ2) is 7.82. The van der Waals surface area contributed by atoms with Gasteiger partial charge in [0, 0.05) is 36.2 Å². The summed E-state index contributed by atoms with van der Waals surface area (Å²) in [6.45, 7) is 3.98. The number of hydrogen-bond donors (Lipinski definition) is 2. The zero-order valence-electron chi connectivity index (χ0n) is 16.8. The van der Waals surface area contributed by atoms with Gasteiger partial charge in [-0.05, 0) is 62.6 Å². The SMILES string of the molecule is C=CN1C2CCCC1CC(NC(=O)c1cccc3oc(Nc4ccncc4)nc13)C2. The summed E-state index contributed by atoms with van der Waals surface area (Å²) < 4.78 is 5.80. The number of anilines is 2. The summed E-state index contributed by atoms with van der Waals surface area (Å²) in [5, 5.41) is 6.36. The number of benzene rings is 1. The Balaban J connectivity index is 1.34. The van der Waals surface area contributed by atoms with Crippen LogP contribution in [0, 0.1) is 0 Å². The largest absolute Gasteiger partial charge is 0.423 e. The van der Waals surface area contributed by atoms with E-state index in [1.54, 1.807) is 18.5 Å². The van der Waals surface area contributed by atoms with Gasteiger partial charge in [0.25, 0.3) is 11.9 Å². The molecular weight excluding hydrogens is 378 g/mol. The Morgan fingerprint density at radius 3 is 2.67 bits per heavy atom. The van der Waals surface area contributed by atoms with Crippen molar-refractivity contribution in [1.82, 2.24) is 20.2 Å². The molecule has 2 bridgehead atoms. The Morgan fingerprint density at radius 1 is 1.17 bits per heavy atom. The fourth-order valence-corrected chi connectivity index (χ4v) is 4.84. The molecule has 2 saturated heterocycles. The molecule has 2 unspecified atom stereocenters. The van der Waals surface area contributed by atoms with Crippen LogP contribution in [0.4, 0.5) is 11.7 Å². The molecule has 2 N–H and O–H groups in total. The Labute approximate surface area is 175 Å². The lowest BCUT2D eigenvalue weighted by Crippen LogP contribution is -2.54. The molecule has 2 aliphatic heterocycles. The van der Waals surface area contributed by atoms with Crippen LogP contribution in [0.15, 0.2) is 59.9 Å². The van der Waals surface area contributed by atoms with Gasteiger partial charge in [-0.1, -0.05) is 12.6 Å². The number of rotatable bonds is 5. The number of nitrogens with one attached hydrogen (secondary N) is 2. The summed E-state index contributed by atoms with van der Waals surface area (Å²) in [4.78, 5) is 24.0. The van der Waals surface area contributed by atoms with Crippen LogP contribution in [0.5, 0.6) is 0 Å². The third-order valence-corrected chi connectivity index (χ3v) is 6.17. The van der Waals surface area contributed by atoms with E-state index in [9.17, 15) is 4.79 Å². The summed E-state index contributed by atoms with van der Waals surface area (Å²) in [6.07, 6.45) is 10.9. The van der Waals surface area contributed by atoms with Gasteiger partial charge >= 0.3 is 0 Å². The number of hydrogen-bond acceptors (Lipinski definition) is 6. The Kier molecular flexibility index (Phi) is 4.86. The second-order valence-corrected chi connectivity index (χ2v) is 8.04. The maximum atomic E-state index is 13.1. The predicted molar refractivity (Wildman–Crippen MR) is 115 cm³/mol. The number of fused-ring (bicyclic) bond motifs is 3. The number of nitrogens with zero attached hydrogens (tertiary/aromatic N) is 3. The number of carbonyl (C=O) groups is 1. The minimum atomic E-state index is -0.0977. The molecule has 7 heteroatoms. The molecule has 0 radical (unpaired) electrons. The van der Waals surface area contributed by atoms with E-state index in [0.29, 0.717) is 34.8 Å². The molecule has 0 saturated carbocycles. The van der Waals surface area contributed by atoms with E-state index < -0.39 is 0 Å². The fraction of sp³-hybridized carbons (Fsp3) is 0.348. The number of aromatic nitrogens is 2. The first-order chi connectivity index (χ1) is 14.7. The highest BCUT2D eigenvalue weighted by Crippen LogP contribution is 2.34. The number of pyridine rings is 1. The van der Waals surface area contributed by atoms with Crippen molar-refractivity contribution in [3.8, 4) is 0 Å². The molecule has 1 amide bonds. The van der Waals surface area contributed by atoms with Gasteiger partial charge in [0.15, 0.2) is 5.58 Å². The molecule has 7 nitrogen and oxygen atoms in total. The molecule has 154 valence electrons. The normalized spacial score (nSPS) is 23.2. The molecule has 3 aromatic rings. The first-order valence-electron chi connectivity index (χ1n) is 10.5. The average Bonchev–Trinajstić information content (AvgIpc) is 3.16. The van der Waals surface area contributed by atoms with Gasteiger partial charge in [-0.3, -0.25) is 9.78 Å². The summed E-state index contributed by atoms with van der Waals surface area (Å²) in [6, 6.07) is 10.6. The molecule has 2 aromatic heterocycles. The summed E-state index contributed by atoms with van der Waals surface area (Å²) in [5.41, 5.74) is 2.51. The van der Waals surface area contributed by atoms with E-state index in [2.05, 4.69) is 32.1 Å². The fourth-order valence-electron chi connectivity index (χ4n) is 4.84. The number of oxazole rings is 1. The van der Waals surface area contributed by atoms with Gasteiger partial charge in [-0.2, -0.15) is 4.98 Å². The zero-order chi connectivity index (χ0) is 20.5. The average molecular weight is 403 g/mol. The van der Waals surface area contributed by atoms with Crippen molar-refractivity contribution in [3.63, 3.8) is 0 Å². The van der Waals surface area contributed by atoms with Gasteiger partial charge in [-0.15, -0.1) is 0 Å². The molecule has 2 atom stereocenters. The molecule has 5 rings (SSSR count). The Morgan fingerprint density at radius 2 is 1.93 bits per heavy atom. The third-order valence-electron chi connectivity index (χ3n) is 6.17. The topological polar surface area (TPSA) is 83.3 Å². The molecule has 0 aliphatic carbocycles. The van der Waals surface area contributed by atoms with E-state index in [1.165, 1.54) is 6.42 Å². The van der Waals surface area contributed by atoms with Gasteiger partial charge in [0.05, 0.1) is 5.56 Å². The zero-order valence-corrected chi connectivity index (χ0v) is 16.8. The van der Waals surface area contributed by atoms with Crippen molar-refractivity contribution in [1.29, 1.82) is 0 Å². The van der Waals surface area contributed by atoms with E-state index in [4.69, 9.17) is 4.42 Å². The van der Waals surface area contributed by atoms with E-state index in [0.717, 1.165) is 31.4 Å². The molecule has 0 spiro atoms. The van der Waals surface area contributed by atoms with Crippen molar-refractivity contribution < 1.29 is 9.21 Å². The first kappa shape index (κ1) is 18.7. The van der Waals surface area contributed by atoms with Crippen LogP contribution in [0.3, 0.4) is 0 Å².